The van der Waals surface area contributed by atoms with Crippen molar-refractivity contribution in [2.24, 2.45) is 0 Å². The fourth-order valence-electron chi connectivity index (χ4n) is 1.63. The van der Waals surface area contributed by atoms with Crippen LogP contribution in [0.5, 0.6) is 5.75 Å². The molecule has 0 heterocycles. The van der Waals surface area contributed by atoms with E-state index in [9.17, 15) is 8.42 Å². The lowest BCUT2D eigenvalue weighted by Gasteiger charge is -2.14. The summed E-state index contributed by atoms with van der Waals surface area (Å²) in [5.41, 5.74) is 1.75. The molecule has 17 heavy (non-hydrogen) atoms. The quantitative estimate of drug-likeness (QED) is 0.869. The number of nitrogens with one attached hydrogen (secondary N) is 1. The van der Waals surface area contributed by atoms with Gasteiger partial charge in [-0.1, -0.05) is 6.07 Å². The molecule has 0 spiro atoms. The van der Waals surface area contributed by atoms with E-state index in [4.69, 9.17) is 4.74 Å². The molecule has 0 saturated heterocycles. The van der Waals surface area contributed by atoms with Crippen molar-refractivity contribution in [1.82, 2.24) is 5.32 Å². The first kappa shape index (κ1) is 14.0. The first-order chi connectivity index (χ1) is 7.87. The largest absolute Gasteiger partial charge is 0.496 e. The zero-order valence-electron chi connectivity index (χ0n) is 10.6. The lowest BCUT2D eigenvalue weighted by Crippen LogP contribution is -2.13. The summed E-state index contributed by atoms with van der Waals surface area (Å²) in [5, 5.41) is 3.12. The molecule has 1 atom stereocenters. The molecule has 0 radical (unpaired) electrons. The number of benzene rings is 1. The van der Waals surface area contributed by atoms with Gasteiger partial charge in [-0.2, -0.15) is 0 Å². The predicted molar refractivity (Wildman–Crippen MR) is 69.0 cm³/mol. The lowest BCUT2D eigenvalue weighted by atomic mass is 10.1. The van der Waals surface area contributed by atoms with Gasteiger partial charge in [0.25, 0.3) is 0 Å². The van der Waals surface area contributed by atoms with E-state index in [-0.39, 0.29) is 11.8 Å². The van der Waals surface area contributed by atoms with E-state index >= 15 is 0 Å². The molecular weight excluding hydrogens is 238 g/mol. The van der Waals surface area contributed by atoms with Crippen molar-refractivity contribution in [2.75, 3.05) is 20.4 Å². The van der Waals surface area contributed by atoms with Crippen LogP contribution in [-0.2, 0) is 15.6 Å². The molecule has 4 nitrogen and oxygen atoms in total. The first-order valence-electron chi connectivity index (χ1n) is 5.39. The van der Waals surface area contributed by atoms with Crippen LogP contribution in [0.3, 0.4) is 0 Å². The second kappa shape index (κ2) is 5.51. The van der Waals surface area contributed by atoms with Crippen LogP contribution < -0.4 is 10.1 Å². The van der Waals surface area contributed by atoms with Crippen LogP contribution in [0.2, 0.25) is 0 Å². The number of hydrogen-bond donors (Lipinski definition) is 1. The summed E-state index contributed by atoms with van der Waals surface area (Å²) in [6.07, 6.45) is 1.22. The van der Waals surface area contributed by atoms with Gasteiger partial charge in [0.1, 0.15) is 5.75 Å². The smallest absolute Gasteiger partial charge is 0.151 e. The Morgan fingerprint density at radius 1 is 1.41 bits per heavy atom. The van der Waals surface area contributed by atoms with Crippen LogP contribution in [0.4, 0.5) is 0 Å². The molecular formula is C12H19NO3S. The van der Waals surface area contributed by atoms with Crippen molar-refractivity contribution in [1.29, 1.82) is 0 Å². The average molecular weight is 257 g/mol. The maximum absolute atomic E-state index is 11.3. The minimum atomic E-state index is -3.06. The number of methoxy groups -OCH3 is 1. The minimum Gasteiger partial charge on any atom is -0.496 e. The highest BCUT2D eigenvalue weighted by atomic mass is 32.2. The third kappa shape index (κ3) is 4.02. The number of sulfone groups is 1. The zero-order valence-corrected chi connectivity index (χ0v) is 11.5. The molecule has 0 aliphatic rings. The highest BCUT2D eigenvalue weighted by Crippen LogP contribution is 2.24. The van der Waals surface area contributed by atoms with Crippen molar-refractivity contribution in [3.05, 3.63) is 29.3 Å². The Morgan fingerprint density at radius 2 is 2.06 bits per heavy atom. The van der Waals surface area contributed by atoms with Crippen LogP contribution in [0, 0.1) is 0 Å². The van der Waals surface area contributed by atoms with Gasteiger partial charge in [0.15, 0.2) is 9.84 Å². The Balaban J connectivity index is 3.15. The van der Waals surface area contributed by atoms with Crippen molar-refractivity contribution in [2.45, 2.75) is 18.7 Å². The maximum Gasteiger partial charge on any atom is 0.151 e. The van der Waals surface area contributed by atoms with Crippen LogP contribution in [0.15, 0.2) is 18.2 Å². The summed E-state index contributed by atoms with van der Waals surface area (Å²) >= 11 is 0. The van der Waals surface area contributed by atoms with E-state index < -0.39 is 9.84 Å². The summed E-state index contributed by atoms with van der Waals surface area (Å²) in [7, 11) is 0.351. The fraction of sp³-hybridized carbons (Fsp3) is 0.500. The molecule has 1 unspecified atom stereocenters. The molecule has 1 aromatic rings. The molecule has 0 aliphatic heterocycles. The highest BCUT2D eigenvalue weighted by Gasteiger charge is 2.12. The molecule has 96 valence electrons. The van der Waals surface area contributed by atoms with E-state index in [0.717, 1.165) is 5.56 Å². The predicted octanol–water partition coefficient (Wildman–Crippen LogP) is 1.52. The molecule has 1 aromatic carbocycles. The third-order valence-corrected chi connectivity index (χ3v) is 3.49. The van der Waals surface area contributed by atoms with Gasteiger partial charge >= 0.3 is 0 Å². The summed E-state index contributed by atoms with van der Waals surface area (Å²) in [6, 6.07) is 5.80. The summed E-state index contributed by atoms with van der Waals surface area (Å²) < 4.78 is 27.9. The molecule has 0 saturated carbocycles. The normalized spacial score (nSPS) is 13.4. The van der Waals surface area contributed by atoms with Crippen LogP contribution >= 0.6 is 0 Å². The SMILES string of the molecule is CNC(C)c1ccc(OC)c(CS(C)(=O)=O)c1. The monoisotopic (exact) mass is 257 g/mol. The first-order valence-corrected chi connectivity index (χ1v) is 7.45. The van der Waals surface area contributed by atoms with Crippen LogP contribution in [0.25, 0.3) is 0 Å². The van der Waals surface area contributed by atoms with E-state index in [1.807, 2.05) is 32.2 Å². The molecule has 0 amide bonds. The molecule has 1 N–H and O–H groups in total. The highest BCUT2D eigenvalue weighted by molar-refractivity contribution is 7.89. The van der Waals surface area contributed by atoms with E-state index in [1.165, 1.54) is 6.26 Å². The van der Waals surface area contributed by atoms with Crippen molar-refractivity contribution < 1.29 is 13.2 Å². The zero-order chi connectivity index (χ0) is 13.1. The van der Waals surface area contributed by atoms with E-state index in [1.54, 1.807) is 7.11 Å². The summed E-state index contributed by atoms with van der Waals surface area (Å²) in [4.78, 5) is 0. The Morgan fingerprint density at radius 3 is 2.53 bits per heavy atom. The van der Waals surface area contributed by atoms with Gasteiger partial charge in [-0.05, 0) is 31.7 Å². The average Bonchev–Trinajstić information content (AvgIpc) is 2.25. The number of hydrogen-bond acceptors (Lipinski definition) is 4. The molecule has 0 bridgehead atoms. The second-order valence-electron chi connectivity index (χ2n) is 4.15. The standard InChI is InChI=1S/C12H19NO3S/c1-9(13-2)10-5-6-12(16-3)11(7-10)8-17(4,14)15/h5-7,9,13H,8H2,1-4H3. The molecule has 0 aliphatic carbocycles. The van der Waals surface area contributed by atoms with Crippen molar-refractivity contribution in [3.63, 3.8) is 0 Å². The van der Waals surface area contributed by atoms with Crippen LogP contribution in [-0.4, -0.2) is 28.8 Å². The van der Waals surface area contributed by atoms with Gasteiger partial charge in [-0.25, -0.2) is 8.42 Å². The molecule has 5 heteroatoms. The molecule has 1 rings (SSSR count). The molecule has 0 aromatic heterocycles. The topological polar surface area (TPSA) is 55.4 Å². The van der Waals surface area contributed by atoms with Crippen molar-refractivity contribution in [3.8, 4) is 5.75 Å². The van der Waals surface area contributed by atoms with Gasteiger partial charge in [0, 0.05) is 17.9 Å². The Kier molecular flexibility index (Phi) is 4.54. The number of ether oxygens (including phenoxy) is 1. The van der Waals surface area contributed by atoms with E-state index in [0.29, 0.717) is 11.3 Å². The van der Waals surface area contributed by atoms with Gasteiger partial charge in [-0.3, -0.25) is 0 Å². The Bertz CT molecular complexity index is 483. The number of rotatable bonds is 5. The maximum atomic E-state index is 11.3. The Labute approximate surface area is 103 Å². The minimum absolute atomic E-state index is 0.000444. The van der Waals surface area contributed by atoms with Gasteiger partial charge < -0.3 is 10.1 Å². The molecule has 0 fully saturated rings. The summed E-state index contributed by atoms with van der Waals surface area (Å²) in [5.74, 6) is 0.614. The Hall–Kier alpha value is -1.07. The second-order valence-corrected chi connectivity index (χ2v) is 6.29. The van der Waals surface area contributed by atoms with E-state index in [2.05, 4.69) is 5.32 Å². The summed E-state index contributed by atoms with van der Waals surface area (Å²) in [6.45, 7) is 2.02. The van der Waals surface area contributed by atoms with Gasteiger partial charge in [0.05, 0.1) is 12.9 Å². The van der Waals surface area contributed by atoms with Gasteiger partial charge in [0.2, 0.25) is 0 Å². The third-order valence-electron chi connectivity index (χ3n) is 2.66. The lowest BCUT2D eigenvalue weighted by molar-refractivity contribution is 0.410. The van der Waals surface area contributed by atoms with Crippen LogP contribution in [0.1, 0.15) is 24.1 Å². The van der Waals surface area contributed by atoms with Gasteiger partial charge in [-0.15, -0.1) is 0 Å². The fourth-order valence-corrected chi connectivity index (χ4v) is 2.42. The van der Waals surface area contributed by atoms with Crippen molar-refractivity contribution >= 4 is 9.84 Å².